The van der Waals surface area contributed by atoms with Crippen molar-refractivity contribution in [2.24, 2.45) is 5.92 Å². The first-order valence-electron chi connectivity index (χ1n) is 10.9. The Labute approximate surface area is 203 Å². The van der Waals surface area contributed by atoms with Crippen molar-refractivity contribution in [2.45, 2.75) is 31.6 Å². The van der Waals surface area contributed by atoms with Gasteiger partial charge >= 0.3 is 0 Å². The van der Waals surface area contributed by atoms with Gasteiger partial charge in [-0.05, 0) is 56.5 Å². The third kappa shape index (κ3) is 5.45. The van der Waals surface area contributed by atoms with Crippen LogP contribution in [0.5, 0.6) is 0 Å². The largest absolute Gasteiger partial charge is 0.338 e. The molecule has 2 N–H and O–H groups in total. The van der Waals surface area contributed by atoms with Crippen molar-refractivity contribution in [3.63, 3.8) is 0 Å². The highest BCUT2D eigenvalue weighted by Crippen LogP contribution is 2.24. The highest BCUT2D eigenvalue weighted by molar-refractivity contribution is 7.92. The molecule has 1 unspecified atom stereocenters. The Hall–Kier alpha value is -3.24. The van der Waals surface area contributed by atoms with E-state index in [9.17, 15) is 18.0 Å². The van der Waals surface area contributed by atoms with Gasteiger partial charge in [0.25, 0.3) is 15.9 Å². The second-order valence-electron chi connectivity index (χ2n) is 8.37. The monoisotopic (exact) mass is 498 g/mol. The number of carbonyl (C=O) groups is 2. The van der Waals surface area contributed by atoms with Crippen LogP contribution in [0.15, 0.2) is 58.9 Å². The number of carbonyl (C=O) groups excluding carboxylic acids is 2. The lowest BCUT2D eigenvalue weighted by molar-refractivity contribution is -0.121. The number of likely N-dealkylation sites (tertiary alicyclic amines) is 1. The van der Waals surface area contributed by atoms with E-state index in [-0.39, 0.29) is 29.2 Å². The fourth-order valence-corrected chi connectivity index (χ4v) is 5.49. The molecule has 2 heterocycles. The van der Waals surface area contributed by atoms with E-state index in [1.165, 1.54) is 23.5 Å². The molecule has 2 aromatic carbocycles. The molecule has 8 nitrogen and oxygen atoms in total. The van der Waals surface area contributed by atoms with E-state index in [0.29, 0.717) is 41.3 Å². The van der Waals surface area contributed by atoms with Crippen molar-refractivity contribution in [2.75, 3.05) is 23.1 Å². The molecular formula is C24H26N4O4S2. The van der Waals surface area contributed by atoms with Crippen LogP contribution < -0.4 is 10.0 Å². The van der Waals surface area contributed by atoms with E-state index >= 15 is 0 Å². The fraction of sp³-hybridized carbons (Fsp3) is 0.292. The Bertz CT molecular complexity index is 1290. The summed E-state index contributed by atoms with van der Waals surface area (Å²) < 4.78 is 28.5. The van der Waals surface area contributed by atoms with E-state index in [1.807, 2.05) is 19.1 Å². The number of thiazole rings is 1. The summed E-state index contributed by atoms with van der Waals surface area (Å²) in [6.45, 7) is 4.48. The second-order valence-corrected chi connectivity index (χ2v) is 10.9. The highest BCUT2D eigenvalue weighted by atomic mass is 32.2. The second kappa shape index (κ2) is 9.94. The quantitative estimate of drug-likeness (QED) is 0.533. The maximum Gasteiger partial charge on any atom is 0.261 e. The lowest BCUT2D eigenvalue weighted by Gasteiger charge is -2.32. The van der Waals surface area contributed by atoms with Gasteiger partial charge < -0.3 is 10.2 Å². The number of hydrogen-bond donors (Lipinski definition) is 2. The van der Waals surface area contributed by atoms with Crippen molar-refractivity contribution in [1.82, 2.24) is 9.88 Å². The van der Waals surface area contributed by atoms with E-state index in [0.717, 1.165) is 5.56 Å². The molecule has 1 saturated heterocycles. The molecule has 1 aliphatic rings. The Morgan fingerprint density at radius 1 is 1.12 bits per heavy atom. The van der Waals surface area contributed by atoms with Crippen LogP contribution in [0.2, 0.25) is 0 Å². The first kappa shape index (κ1) is 23.9. The van der Waals surface area contributed by atoms with Gasteiger partial charge in [-0.15, -0.1) is 11.3 Å². The van der Waals surface area contributed by atoms with Crippen molar-refractivity contribution in [3.8, 4) is 0 Å². The maximum atomic E-state index is 13.3. The van der Waals surface area contributed by atoms with Crippen molar-refractivity contribution < 1.29 is 18.0 Å². The van der Waals surface area contributed by atoms with Gasteiger partial charge in [-0.2, -0.15) is 0 Å². The topological polar surface area (TPSA) is 108 Å². The van der Waals surface area contributed by atoms with E-state index in [4.69, 9.17) is 0 Å². The summed E-state index contributed by atoms with van der Waals surface area (Å²) in [4.78, 5) is 31.7. The minimum Gasteiger partial charge on any atom is -0.338 e. The van der Waals surface area contributed by atoms with Crippen LogP contribution in [-0.2, 0) is 14.8 Å². The van der Waals surface area contributed by atoms with Gasteiger partial charge in [-0.3, -0.25) is 14.3 Å². The van der Waals surface area contributed by atoms with E-state index < -0.39 is 10.0 Å². The highest BCUT2D eigenvalue weighted by Gasteiger charge is 2.30. The number of nitrogens with one attached hydrogen (secondary N) is 2. The van der Waals surface area contributed by atoms with Crippen molar-refractivity contribution in [1.29, 1.82) is 0 Å². The Morgan fingerprint density at radius 2 is 1.88 bits per heavy atom. The van der Waals surface area contributed by atoms with Crippen LogP contribution in [0.4, 0.5) is 10.8 Å². The average molecular weight is 499 g/mol. The van der Waals surface area contributed by atoms with Crippen LogP contribution >= 0.6 is 11.3 Å². The zero-order chi connectivity index (χ0) is 24.3. The first-order chi connectivity index (χ1) is 16.2. The zero-order valence-corrected chi connectivity index (χ0v) is 20.6. The summed E-state index contributed by atoms with van der Waals surface area (Å²) in [5, 5.41) is 5.11. The number of aromatic nitrogens is 1. The van der Waals surface area contributed by atoms with Crippen molar-refractivity contribution in [3.05, 3.63) is 70.7 Å². The smallest absolute Gasteiger partial charge is 0.261 e. The lowest BCUT2D eigenvalue weighted by Crippen LogP contribution is -2.44. The molecule has 0 saturated carbocycles. The summed E-state index contributed by atoms with van der Waals surface area (Å²) in [6.07, 6.45) is 2.98. The fourth-order valence-electron chi connectivity index (χ4n) is 3.87. The van der Waals surface area contributed by atoms with E-state index in [1.54, 1.807) is 41.6 Å². The Morgan fingerprint density at radius 3 is 2.59 bits per heavy atom. The maximum absolute atomic E-state index is 13.3. The van der Waals surface area contributed by atoms with Crippen LogP contribution in [0, 0.1) is 19.8 Å². The minimum absolute atomic E-state index is 0.0112. The molecule has 1 fully saturated rings. The molecule has 10 heteroatoms. The third-order valence-corrected chi connectivity index (χ3v) is 7.86. The summed E-state index contributed by atoms with van der Waals surface area (Å²) in [7, 11) is -3.87. The third-order valence-electron chi connectivity index (χ3n) is 5.80. The summed E-state index contributed by atoms with van der Waals surface area (Å²) in [5.74, 6) is -0.795. The van der Waals surface area contributed by atoms with Gasteiger partial charge in [0.2, 0.25) is 5.91 Å². The zero-order valence-electron chi connectivity index (χ0n) is 18.9. The van der Waals surface area contributed by atoms with Crippen LogP contribution in [-0.4, -0.2) is 43.2 Å². The predicted octanol–water partition coefficient (Wildman–Crippen LogP) is 4.05. The number of piperidine rings is 1. The molecular weight excluding hydrogens is 472 g/mol. The number of hydrogen-bond acceptors (Lipinski definition) is 6. The molecule has 1 aliphatic heterocycles. The molecule has 4 rings (SSSR count). The van der Waals surface area contributed by atoms with Gasteiger partial charge in [0.05, 0.1) is 10.8 Å². The summed E-state index contributed by atoms with van der Waals surface area (Å²) >= 11 is 1.34. The molecule has 0 bridgehead atoms. The number of aryl methyl sites for hydroxylation is 2. The number of nitrogens with zero attached hydrogens (tertiary/aromatic N) is 2. The molecule has 1 atom stereocenters. The Balaban J connectivity index is 1.51. The number of amides is 2. The first-order valence-corrected chi connectivity index (χ1v) is 13.3. The van der Waals surface area contributed by atoms with Gasteiger partial charge in [-0.1, -0.05) is 23.8 Å². The number of rotatable bonds is 6. The minimum atomic E-state index is -3.87. The van der Waals surface area contributed by atoms with Gasteiger partial charge in [0, 0.05) is 35.9 Å². The van der Waals surface area contributed by atoms with Gasteiger partial charge in [-0.25, -0.2) is 13.4 Å². The SMILES string of the molecule is Cc1ccc(NS(=O)(=O)c2ccc(C)c(C(=O)N3CCCC(C(=O)Nc4nccs4)C3)c2)cc1. The van der Waals surface area contributed by atoms with Crippen LogP contribution in [0.1, 0.15) is 34.3 Å². The number of sulfonamides is 1. The molecule has 3 aromatic rings. The predicted molar refractivity (Wildman–Crippen MR) is 133 cm³/mol. The van der Waals surface area contributed by atoms with Gasteiger partial charge in [0.1, 0.15) is 0 Å². The van der Waals surface area contributed by atoms with E-state index in [2.05, 4.69) is 15.0 Å². The average Bonchev–Trinajstić information content (AvgIpc) is 3.33. The molecule has 2 amide bonds. The Kier molecular flexibility index (Phi) is 6.99. The molecule has 1 aromatic heterocycles. The molecule has 0 aliphatic carbocycles. The molecule has 178 valence electrons. The summed E-state index contributed by atoms with van der Waals surface area (Å²) in [5.41, 5.74) is 2.46. The van der Waals surface area contributed by atoms with Crippen LogP contribution in [0.25, 0.3) is 0 Å². The molecule has 34 heavy (non-hydrogen) atoms. The van der Waals surface area contributed by atoms with Crippen LogP contribution in [0.3, 0.4) is 0 Å². The lowest BCUT2D eigenvalue weighted by atomic mass is 9.96. The standard InChI is InChI=1S/C24H26N4O4S2/c1-16-5-8-19(9-6-16)27-34(31,32)20-10-7-17(2)21(14-20)23(30)28-12-3-4-18(15-28)22(29)26-24-25-11-13-33-24/h5-11,13-14,18,27H,3-4,12,15H2,1-2H3,(H,25,26,29). The normalized spacial score (nSPS) is 16.2. The molecule has 0 radical (unpaired) electrons. The summed E-state index contributed by atoms with van der Waals surface area (Å²) in [6, 6.07) is 11.6. The number of anilines is 2. The number of benzene rings is 2. The molecule has 0 spiro atoms. The van der Waals surface area contributed by atoms with Crippen molar-refractivity contribution >= 4 is 44.0 Å². The van der Waals surface area contributed by atoms with Gasteiger partial charge in [0.15, 0.2) is 5.13 Å².